The first kappa shape index (κ1) is 13.1. The van der Waals surface area contributed by atoms with E-state index < -0.39 is 8.54 Å². The van der Waals surface area contributed by atoms with Crippen molar-refractivity contribution in [3.8, 4) is 0 Å². The molecule has 0 aliphatic carbocycles. The van der Waals surface area contributed by atoms with Crippen molar-refractivity contribution in [1.29, 1.82) is 0 Å². The maximum absolute atomic E-state index is 10.6. The largest absolute Gasteiger partial charge is 0.209 e. The summed E-state index contributed by atoms with van der Waals surface area (Å²) in [5.74, 6) is 0. The number of rotatable bonds is 3. The summed E-state index contributed by atoms with van der Waals surface area (Å²) in [6.07, 6.45) is 0. The fourth-order valence-corrected chi connectivity index (χ4v) is 42.4. The molecule has 10 heteroatoms. The van der Waals surface area contributed by atoms with Crippen LogP contribution in [0.2, 0.25) is 0 Å². The Morgan fingerprint density at radius 3 is 2.20 bits per heavy atom. The molecule has 0 radical (unpaired) electrons. The van der Waals surface area contributed by atoms with E-state index in [0.717, 1.165) is 15.0 Å². The van der Waals surface area contributed by atoms with Gasteiger partial charge in [-0.3, -0.25) is 0 Å². The number of hydrogen-bond acceptors (Lipinski definition) is 2. The van der Waals surface area contributed by atoms with E-state index in [-0.39, 0.29) is 14.0 Å². The van der Waals surface area contributed by atoms with Crippen LogP contribution < -0.4 is 0 Å². The Balaban J connectivity index is 4.24. The summed E-state index contributed by atoms with van der Waals surface area (Å²) in [5.41, 5.74) is 0. The molecule has 0 aromatic carbocycles. The fraction of sp³-hybridized carbons (Fsp3) is 0. The van der Waals surface area contributed by atoms with Crippen molar-refractivity contribution in [2.75, 3.05) is 0 Å². The van der Waals surface area contributed by atoms with Crippen LogP contribution in [-0.4, -0.2) is 4.21 Å². The van der Waals surface area contributed by atoms with Gasteiger partial charge in [0.05, 0.1) is 0 Å². The molecule has 0 fully saturated rings. The zero-order chi connectivity index (χ0) is 8.15. The van der Waals surface area contributed by atoms with Crippen LogP contribution in [0.3, 0.4) is 0 Å². The van der Waals surface area contributed by atoms with Crippen molar-refractivity contribution in [3.63, 3.8) is 0 Å². The Labute approximate surface area is 79.4 Å². The zero-order valence-electron chi connectivity index (χ0n) is 4.80. The van der Waals surface area contributed by atoms with Crippen LogP contribution in [-0.2, 0) is 19.7 Å². The van der Waals surface area contributed by atoms with Gasteiger partial charge in [-0.05, 0) is 6.99 Å². The van der Waals surface area contributed by atoms with Crippen molar-refractivity contribution >= 4 is 75.5 Å². The van der Waals surface area contributed by atoms with E-state index in [1.165, 1.54) is 0 Å². The SMILES string of the molecule is O=S(=S)=PP(PP)P(P)P. The summed E-state index contributed by atoms with van der Waals surface area (Å²) in [4.78, 5) is 0. The van der Waals surface area contributed by atoms with Crippen molar-refractivity contribution in [2.45, 2.75) is 0 Å². The quantitative estimate of drug-likeness (QED) is 0.737. The summed E-state index contributed by atoms with van der Waals surface area (Å²) in [6.45, 7) is -0.186. The van der Waals surface area contributed by atoms with Crippen LogP contribution in [0.4, 0.5) is 0 Å². The van der Waals surface area contributed by atoms with Gasteiger partial charge in [-0.15, -0.1) is 26.8 Å². The Kier molecular flexibility index (Phi) is 9.86. The molecule has 0 aromatic heterocycles. The predicted octanol–water partition coefficient (Wildman–Crippen LogP) is 3.82. The minimum absolute atomic E-state index is 0.0789. The van der Waals surface area contributed by atoms with Crippen molar-refractivity contribution in [1.82, 2.24) is 0 Å². The predicted molar refractivity (Wildman–Crippen MR) is 73.7 cm³/mol. The monoisotopic (exact) mass is 304 g/mol. The van der Waals surface area contributed by atoms with Crippen molar-refractivity contribution < 1.29 is 4.21 Å². The van der Waals surface area contributed by atoms with Gasteiger partial charge in [0.25, 0.3) is 0 Å². The first-order chi connectivity index (χ1) is 4.57. The van der Waals surface area contributed by atoms with E-state index in [1.54, 1.807) is 0 Å². The van der Waals surface area contributed by atoms with Crippen LogP contribution in [0, 0.1) is 0 Å². The molecule has 0 aliphatic heterocycles. The van der Waals surface area contributed by atoms with Crippen LogP contribution in [0.25, 0.3) is 0 Å². The van der Waals surface area contributed by atoms with Gasteiger partial charge in [0, 0.05) is 25.2 Å². The van der Waals surface area contributed by atoms with Crippen LogP contribution >= 0.6 is 55.8 Å². The molecule has 60 valence electrons. The molecule has 5 unspecified atom stereocenters. The zero-order valence-corrected chi connectivity index (χ0v) is 13.6. The highest BCUT2D eigenvalue weighted by atomic mass is 33.1. The fourth-order valence-electron chi connectivity index (χ4n) is 0.196. The molecule has 0 N–H and O–H groups in total. The van der Waals surface area contributed by atoms with Crippen LogP contribution in [0.1, 0.15) is 0 Å². The highest BCUT2D eigenvalue weighted by Crippen LogP contribution is 2.93. The minimum atomic E-state index is -1.05. The van der Waals surface area contributed by atoms with Crippen LogP contribution in [0.5, 0.6) is 0 Å². The lowest BCUT2D eigenvalue weighted by atomic mass is 16.0. The third kappa shape index (κ3) is 6.62. The van der Waals surface area contributed by atoms with Gasteiger partial charge in [0.15, 0.2) is 0 Å². The lowest BCUT2D eigenvalue weighted by Gasteiger charge is -2.10. The van der Waals surface area contributed by atoms with E-state index in [0.29, 0.717) is 0 Å². The molecular weight excluding hydrogens is 297 g/mol. The summed E-state index contributed by atoms with van der Waals surface area (Å²) < 4.78 is 10.6. The van der Waals surface area contributed by atoms with E-state index in [2.05, 4.69) is 38.0 Å². The van der Waals surface area contributed by atoms with Gasteiger partial charge < -0.3 is 0 Å². The molecule has 0 aromatic rings. The molecule has 0 aliphatic rings. The molecule has 10 heavy (non-hydrogen) atoms. The van der Waals surface area contributed by atoms with E-state index >= 15 is 0 Å². The summed E-state index contributed by atoms with van der Waals surface area (Å²) in [7, 11) is 8.99. The molecule has 5 atom stereocenters. The Bertz CT molecular complexity index is 194. The molecular formula is H7OP7S2. The lowest BCUT2D eigenvalue weighted by Crippen LogP contribution is -1.34. The molecule has 0 amide bonds. The number of hydrogen-bond donors (Lipinski definition) is 0. The Hall–Kier alpha value is 3.12. The Morgan fingerprint density at radius 1 is 1.60 bits per heavy atom. The molecule has 0 saturated carbocycles. The maximum Gasteiger partial charge on any atom is 0.101 e. The van der Waals surface area contributed by atoms with Gasteiger partial charge in [-0.2, -0.15) is 0 Å². The first-order valence-electron chi connectivity index (χ1n) is 1.94. The summed E-state index contributed by atoms with van der Waals surface area (Å²) >= 11 is 4.60. The van der Waals surface area contributed by atoms with Crippen molar-refractivity contribution in [3.05, 3.63) is 0 Å². The molecule has 0 rings (SSSR count). The second kappa shape index (κ2) is 7.52. The van der Waals surface area contributed by atoms with Gasteiger partial charge in [-0.1, -0.05) is 7.96 Å². The molecule has 0 bridgehead atoms. The second-order valence-corrected chi connectivity index (χ2v) is 27.1. The average Bonchev–Trinajstić information content (AvgIpc) is 1.81. The third-order valence-electron chi connectivity index (χ3n) is 0.478. The second-order valence-electron chi connectivity index (χ2n) is 1.10. The molecule has 1 nitrogen and oxygen atoms in total. The topological polar surface area (TPSA) is 17.1 Å². The van der Waals surface area contributed by atoms with E-state index in [1.807, 2.05) is 0 Å². The van der Waals surface area contributed by atoms with Gasteiger partial charge in [-0.25, -0.2) is 4.21 Å². The smallest absolute Gasteiger partial charge is 0.101 e. The van der Waals surface area contributed by atoms with Gasteiger partial charge >= 0.3 is 0 Å². The van der Waals surface area contributed by atoms with Crippen molar-refractivity contribution in [2.24, 2.45) is 0 Å². The molecule has 0 spiro atoms. The standard InChI is InChI=1S/H7OP7S2/c1-10(9)6-8(5-2)7(3)4/h5H,2-4H2. The highest BCUT2D eigenvalue weighted by molar-refractivity contribution is 9.01. The Morgan fingerprint density at radius 2 is 2.10 bits per heavy atom. The minimum Gasteiger partial charge on any atom is -0.209 e. The average molecular weight is 304 g/mol. The maximum atomic E-state index is 10.6. The van der Waals surface area contributed by atoms with E-state index in [4.69, 9.17) is 0 Å². The molecule has 0 heterocycles. The third-order valence-corrected chi connectivity index (χ3v) is 36.9. The van der Waals surface area contributed by atoms with Gasteiger partial charge in [0.2, 0.25) is 0 Å². The van der Waals surface area contributed by atoms with Gasteiger partial charge in [0.1, 0.15) is 8.54 Å². The van der Waals surface area contributed by atoms with E-state index in [9.17, 15) is 4.21 Å². The highest BCUT2D eigenvalue weighted by Gasteiger charge is 2.07. The molecule has 0 saturated heterocycles. The first-order valence-corrected chi connectivity index (χ1v) is 16.5. The van der Waals surface area contributed by atoms with Crippen LogP contribution in [0.15, 0.2) is 0 Å². The summed E-state index contributed by atoms with van der Waals surface area (Å²) in [5, 5.41) is 0. The summed E-state index contributed by atoms with van der Waals surface area (Å²) in [6, 6.07) is 0. The lowest BCUT2D eigenvalue weighted by molar-refractivity contribution is 0.701. The normalized spacial score (nSPS) is 15.2.